The minimum absolute atomic E-state index is 0.116. The van der Waals surface area contributed by atoms with Gasteiger partial charge >= 0.3 is 0 Å². The van der Waals surface area contributed by atoms with Crippen LogP contribution >= 0.6 is 0 Å². The average molecular weight is 356 g/mol. The maximum absolute atomic E-state index is 14.5. The molecule has 2 N–H and O–H groups in total. The number of fused-ring (bicyclic) bond motifs is 1. The molecule has 26 heavy (non-hydrogen) atoms. The fraction of sp³-hybridized carbons (Fsp3) is 0.278. The number of hydrogen-bond donors (Lipinski definition) is 2. The Morgan fingerprint density at radius 3 is 3.12 bits per heavy atom. The summed E-state index contributed by atoms with van der Waals surface area (Å²) in [5.74, 6) is 0.0927. The second kappa shape index (κ2) is 7.09. The minimum Gasteiger partial charge on any atom is -0.472 e. The number of aromatic nitrogens is 2. The van der Waals surface area contributed by atoms with Crippen LogP contribution in [0, 0.1) is 5.82 Å². The monoisotopic (exact) mass is 356 g/mol. The van der Waals surface area contributed by atoms with E-state index in [0.29, 0.717) is 35.8 Å². The van der Waals surface area contributed by atoms with Crippen LogP contribution in [-0.4, -0.2) is 22.6 Å². The van der Waals surface area contributed by atoms with Crippen LogP contribution in [0.3, 0.4) is 0 Å². The van der Waals surface area contributed by atoms with Crippen molar-refractivity contribution in [3.8, 4) is 11.4 Å². The van der Waals surface area contributed by atoms with Crippen LogP contribution < -0.4 is 10.6 Å². The highest BCUT2D eigenvalue weighted by molar-refractivity contribution is 5.91. The third-order valence-corrected chi connectivity index (χ3v) is 4.29. The van der Waals surface area contributed by atoms with E-state index in [1.54, 1.807) is 12.1 Å². The third kappa shape index (κ3) is 3.36. The molecule has 0 aliphatic carbocycles. The molecule has 3 heterocycles. The molecule has 7 nitrogen and oxygen atoms in total. The second-order valence-corrected chi connectivity index (χ2v) is 6.06. The summed E-state index contributed by atoms with van der Waals surface area (Å²) >= 11 is 0. The van der Waals surface area contributed by atoms with E-state index in [1.165, 1.54) is 12.5 Å². The van der Waals surface area contributed by atoms with E-state index >= 15 is 0 Å². The van der Waals surface area contributed by atoms with Crippen molar-refractivity contribution in [1.29, 1.82) is 0 Å². The van der Waals surface area contributed by atoms with E-state index in [1.807, 2.05) is 6.07 Å². The zero-order chi connectivity index (χ0) is 17.9. The van der Waals surface area contributed by atoms with Gasteiger partial charge in [0.1, 0.15) is 12.1 Å². The molecule has 0 radical (unpaired) electrons. The number of nitrogens with one attached hydrogen (secondary N) is 2. The van der Waals surface area contributed by atoms with Crippen molar-refractivity contribution in [2.75, 3.05) is 11.9 Å². The number of carbonyl (C=O) groups is 1. The standard InChI is InChI=1S/C18H17FN4O3/c19-17-13-5-7-20-9-11(13)1-2-14(17)21-15(24)3-4-16-22-18(23-26-16)12-6-8-25-10-12/h1-2,6,8,10,20H,3-5,7,9H2,(H,21,24). The summed E-state index contributed by atoms with van der Waals surface area (Å²) in [4.78, 5) is 16.4. The zero-order valence-electron chi connectivity index (χ0n) is 13.9. The van der Waals surface area contributed by atoms with Gasteiger partial charge in [-0.15, -0.1) is 0 Å². The molecule has 2 aromatic heterocycles. The van der Waals surface area contributed by atoms with E-state index in [9.17, 15) is 9.18 Å². The topological polar surface area (TPSA) is 93.2 Å². The third-order valence-electron chi connectivity index (χ3n) is 4.29. The van der Waals surface area contributed by atoms with Gasteiger partial charge in [0.05, 0.1) is 17.5 Å². The number of furan rings is 1. The fourth-order valence-corrected chi connectivity index (χ4v) is 2.93. The Balaban J connectivity index is 1.37. The zero-order valence-corrected chi connectivity index (χ0v) is 13.9. The van der Waals surface area contributed by atoms with Crippen LogP contribution in [-0.2, 0) is 24.2 Å². The number of nitrogens with zero attached hydrogens (tertiary/aromatic N) is 2. The molecule has 0 fully saturated rings. The summed E-state index contributed by atoms with van der Waals surface area (Å²) in [6.45, 7) is 1.38. The highest BCUT2D eigenvalue weighted by Crippen LogP contribution is 2.24. The molecule has 1 aromatic carbocycles. The van der Waals surface area contributed by atoms with Gasteiger partial charge in [0.15, 0.2) is 0 Å². The number of benzene rings is 1. The molecule has 4 rings (SSSR count). The van der Waals surface area contributed by atoms with E-state index in [4.69, 9.17) is 8.94 Å². The second-order valence-electron chi connectivity index (χ2n) is 6.06. The molecule has 0 unspecified atom stereocenters. The first-order valence-electron chi connectivity index (χ1n) is 8.36. The van der Waals surface area contributed by atoms with Gasteiger partial charge in [0.25, 0.3) is 0 Å². The maximum atomic E-state index is 14.5. The van der Waals surface area contributed by atoms with E-state index in [0.717, 1.165) is 12.1 Å². The van der Waals surface area contributed by atoms with Crippen LogP contribution in [0.2, 0.25) is 0 Å². The molecule has 0 spiro atoms. The smallest absolute Gasteiger partial charge is 0.227 e. The average Bonchev–Trinajstić information content (AvgIpc) is 3.34. The minimum atomic E-state index is -0.350. The van der Waals surface area contributed by atoms with Crippen LogP contribution in [0.4, 0.5) is 10.1 Å². The van der Waals surface area contributed by atoms with Crippen molar-refractivity contribution < 1.29 is 18.1 Å². The van der Waals surface area contributed by atoms with Gasteiger partial charge in [0.2, 0.25) is 17.6 Å². The fourth-order valence-electron chi connectivity index (χ4n) is 2.93. The Kier molecular flexibility index (Phi) is 4.49. The first-order chi connectivity index (χ1) is 12.7. The lowest BCUT2D eigenvalue weighted by molar-refractivity contribution is -0.116. The normalized spacial score (nSPS) is 13.4. The lowest BCUT2D eigenvalue weighted by atomic mass is 9.99. The lowest BCUT2D eigenvalue weighted by Gasteiger charge is -2.19. The largest absolute Gasteiger partial charge is 0.472 e. The maximum Gasteiger partial charge on any atom is 0.227 e. The van der Waals surface area contributed by atoms with Gasteiger partial charge in [0, 0.05) is 19.4 Å². The van der Waals surface area contributed by atoms with Crippen molar-refractivity contribution in [1.82, 2.24) is 15.5 Å². The van der Waals surface area contributed by atoms with Gasteiger partial charge < -0.3 is 19.6 Å². The quantitative estimate of drug-likeness (QED) is 0.730. The number of hydrogen-bond acceptors (Lipinski definition) is 6. The van der Waals surface area contributed by atoms with Crippen molar-refractivity contribution in [3.05, 3.63) is 53.6 Å². The predicted molar refractivity (Wildman–Crippen MR) is 90.8 cm³/mol. The molecule has 0 saturated carbocycles. The number of aryl methyl sites for hydroxylation is 1. The Bertz CT molecular complexity index is 921. The van der Waals surface area contributed by atoms with Crippen molar-refractivity contribution in [3.63, 3.8) is 0 Å². The molecule has 0 atom stereocenters. The molecule has 0 saturated heterocycles. The summed E-state index contributed by atoms with van der Waals surface area (Å²) < 4.78 is 24.6. The molecule has 1 aliphatic heterocycles. The molecule has 1 amide bonds. The first-order valence-corrected chi connectivity index (χ1v) is 8.36. The summed E-state index contributed by atoms with van der Waals surface area (Å²) in [5.41, 5.74) is 2.52. The van der Waals surface area contributed by atoms with Crippen molar-refractivity contribution in [2.24, 2.45) is 0 Å². The number of amides is 1. The van der Waals surface area contributed by atoms with Gasteiger partial charge in [-0.25, -0.2) is 4.39 Å². The SMILES string of the molecule is O=C(CCc1nc(-c2ccoc2)no1)Nc1ccc2c(c1F)CCNC2. The Labute approximate surface area is 148 Å². The van der Waals surface area contributed by atoms with Crippen molar-refractivity contribution >= 4 is 11.6 Å². The number of carbonyl (C=O) groups excluding carboxylic acids is 1. The van der Waals surface area contributed by atoms with Gasteiger partial charge in [-0.1, -0.05) is 11.2 Å². The summed E-state index contributed by atoms with van der Waals surface area (Å²) in [7, 11) is 0. The van der Waals surface area contributed by atoms with Crippen LogP contribution in [0.15, 0.2) is 39.7 Å². The number of halogens is 1. The van der Waals surface area contributed by atoms with Gasteiger partial charge in [-0.2, -0.15) is 4.98 Å². The number of rotatable bonds is 5. The van der Waals surface area contributed by atoms with E-state index < -0.39 is 0 Å². The molecule has 0 bridgehead atoms. The van der Waals surface area contributed by atoms with E-state index in [2.05, 4.69) is 20.8 Å². The summed E-state index contributed by atoms with van der Waals surface area (Å²) in [5, 5.41) is 9.66. The first kappa shape index (κ1) is 16.5. The molecule has 134 valence electrons. The summed E-state index contributed by atoms with van der Waals surface area (Å²) in [6, 6.07) is 5.16. The molecular formula is C18H17FN4O3. The van der Waals surface area contributed by atoms with Crippen LogP contribution in [0.25, 0.3) is 11.4 Å². The Morgan fingerprint density at radius 2 is 2.27 bits per heavy atom. The van der Waals surface area contributed by atoms with Crippen LogP contribution in [0.5, 0.6) is 0 Å². The highest BCUT2D eigenvalue weighted by atomic mass is 19.1. The molecule has 1 aliphatic rings. The number of anilines is 1. The Morgan fingerprint density at radius 1 is 1.35 bits per heavy atom. The van der Waals surface area contributed by atoms with Gasteiger partial charge in [-0.3, -0.25) is 4.79 Å². The molecule has 8 heteroatoms. The van der Waals surface area contributed by atoms with Crippen LogP contribution in [0.1, 0.15) is 23.4 Å². The molecule has 3 aromatic rings. The summed E-state index contributed by atoms with van der Waals surface area (Å²) in [6.07, 6.45) is 4.03. The highest BCUT2D eigenvalue weighted by Gasteiger charge is 2.18. The lowest BCUT2D eigenvalue weighted by Crippen LogP contribution is -2.25. The molecular weight excluding hydrogens is 339 g/mol. The Hall–Kier alpha value is -3.00. The van der Waals surface area contributed by atoms with E-state index in [-0.39, 0.29) is 30.3 Å². The van der Waals surface area contributed by atoms with Crippen molar-refractivity contribution in [2.45, 2.75) is 25.8 Å². The van der Waals surface area contributed by atoms with Gasteiger partial charge in [-0.05, 0) is 36.2 Å². The predicted octanol–water partition coefficient (Wildman–Crippen LogP) is 2.69.